The summed E-state index contributed by atoms with van der Waals surface area (Å²) < 4.78 is 10.7. The van der Waals surface area contributed by atoms with Gasteiger partial charge in [0.25, 0.3) is 0 Å². The van der Waals surface area contributed by atoms with Crippen molar-refractivity contribution < 1.29 is 9.47 Å². The summed E-state index contributed by atoms with van der Waals surface area (Å²) in [5.41, 5.74) is 6.02. The van der Waals surface area contributed by atoms with E-state index in [1.807, 2.05) is 24.3 Å². The van der Waals surface area contributed by atoms with Gasteiger partial charge in [0.2, 0.25) is 0 Å². The quantitative estimate of drug-likeness (QED) is 0.289. The van der Waals surface area contributed by atoms with Gasteiger partial charge in [-0.25, -0.2) is 0 Å². The monoisotopic (exact) mass is 435 g/mol. The van der Waals surface area contributed by atoms with E-state index in [0.717, 1.165) is 24.6 Å². The molecule has 0 fully saturated rings. The van der Waals surface area contributed by atoms with Gasteiger partial charge >= 0.3 is 0 Å². The minimum atomic E-state index is 0.777. The molecule has 0 bridgehead atoms. The number of hydrogen-bond acceptors (Lipinski definition) is 3. The van der Waals surface area contributed by atoms with Crippen molar-refractivity contribution in [1.29, 1.82) is 0 Å². The van der Waals surface area contributed by atoms with Gasteiger partial charge in [-0.2, -0.15) is 0 Å². The number of hydrogen-bond donors (Lipinski definition) is 0. The molecule has 33 heavy (non-hydrogen) atoms. The lowest BCUT2D eigenvalue weighted by atomic mass is 9.98. The van der Waals surface area contributed by atoms with E-state index in [1.54, 1.807) is 14.2 Å². The summed E-state index contributed by atoms with van der Waals surface area (Å²) in [6, 6.07) is 37.7. The predicted octanol–water partition coefficient (Wildman–Crippen LogP) is 6.80. The summed E-state index contributed by atoms with van der Waals surface area (Å²) >= 11 is 0. The summed E-state index contributed by atoms with van der Waals surface area (Å²) in [5.74, 6) is 1.73. The SMILES string of the molecule is COc1ccc(CN(C=C(c2ccccc2)c2ccccc2)Cc2ccc(OC)cc2)cc1. The highest BCUT2D eigenvalue weighted by molar-refractivity contribution is 5.79. The first-order valence-electron chi connectivity index (χ1n) is 11.1. The highest BCUT2D eigenvalue weighted by atomic mass is 16.5. The normalized spacial score (nSPS) is 10.4. The molecule has 0 radical (unpaired) electrons. The molecule has 0 spiro atoms. The van der Waals surface area contributed by atoms with Gasteiger partial charge in [-0.3, -0.25) is 0 Å². The van der Waals surface area contributed by atoms with Crippen LogP contribution in [0.4, 0.5) is 0 Å². The first-order valence-corrected chi connectivity index (χ1v) is 11.1. The number of rotatable bonds is 9. The Morgan fingerprint density at radius 1 is 0.576 bits per heavy atom. The summed E-state index contributed by atoms with van der Waals surface area (Å²) in [6.07, 6.45) is 2.28. The number of methoxy groups -OCH3 is 2. The van der Waals surface area contributed by atoms with Crippen LogP contribution in [0.3, 0.4) is 0 Å². The molecule has 3 heteroatoms. The van der Waals surface area contributed by atoms with Gasteiger partial charge in [0.1, 0.15) is 11.5 Å². The third-order valence-corrected chi connectivity index (χ3v) is 5.57. The molecular weight excluding hydrogens is 406 g/mol. The minimum Gasteiger partial charge on any atom is -0.497 e. The van der Waals surface area contributed by atoms with Crippen molar-refractivity contribution in [3.05, 3.63) is 138 Å². The van der Waals surface area contributed by atoms with Gasteiger partial charge in [0.15, 0.2) is 0 Å². The molecule has 0 N–H and O–H groups in total. The molecule has 0 unspecified atom stereocenters. The fraction of sp³-hybridized carbons (Fsp3) is 0.133. The molecule has 0 aromatic heterocycles. The Balaban J connectivity index is 1.72. The topological polar surface area (TPSA) is 21.7 Å². The average molecular weight is 436 g/mol. The average Bonchev–Trinajstić information content (AvgIpc) is 2.89. The van der Waals surface area contributed by atoms with Crippen molar-refractivity contribution in [3.8, 4) is 11.5 Å². The van der Waals surface area contributed by atoms with Crippen LogP contribution in [0.5, 0.6) is 11.5 Å². The predicted molar refractivity (Wildman–Crippen MR) is 135 cm³/mol. The molecule has 0 saturated heterocycles. The van der Waals surface area contributed by atoms with Crippen molar-refractivity contribution in [2.24, 2.45) is 0 Å². The standard InChI is InChI=1S/C30H29NO2/c1-32-28-17-13-24(14-18-28)21-31(22-25-15-19-29(33-2)20-16-25)23-30(26-9-5-3-6-10-26)27-11-7-4-8-12-27/h3-20,23H,21-22H2,1-2H3. The third kappa shape index (κ3) is 6.05. The molecule has 0 amide bonds. The van der Waals surface area contributed by atoms with E-state index in [1.165, 1.54) is 27.8 Å². The Kier molecular flexibility index (Phi) is 7.44. The maximum Gasteiger partial charge on any atom is 0.118 e. The van der Waals surface area contributed by atoms with Gasteiger partial charge in [-0.05, 0) is 46.5 Å². The van der Waals surface area contributed by atoms with Crippen LogP contribution >= 0.6 is 0 Å². The van der Waals surface area contributed by atoms with Gasteiger partial charge in [0.05, 0.1) is 14.2 Å². The lowest BCUT2D eigenvalue weighted by Crippen LogP contribution is -2.17. The summed E-state index contributed by atoms with van der Waals surface area (Å²) in [6.45, 7) is 1.55. The van der Waals surface area contributed by atoms with E-state index in [9.17, 15) is 0 Å². The zero-order valence-electron chi connectivity index (χ0n) is 19.1. The maximum atomic E-state index is 5.33. The number of nitrogens with zero attached hydrogens (tertiary/aromatic N) is 1. The zero-order valence-corrected chi connectivity index (χ0v) is 19.1. The molecule has 0 atom stereocenters. The highest BCUT2D eigenvalue weighted by Gasteiger charge is 2.10. The minimum absolute atomic E-state index is 0.777. The maximum absolute atomic E-state index is 5.33. The summed E-state index contributed by atoms with van der Waals surface area (Å²) in [5, 5.41) is 0. The Bertz CT molecular complexity index is 1060. The molecule has 4 aromatic rings. The lowest BCUT2D eigenvalue weighted by Gasteiger charge is -2.23. The smallest absolute Gasteiger partial charge is 0.118 e. The molecule has 0 aliphatic carbocycles. The summed E-state index contributed by atoms with van der Waals surface area (Å²) in [4.78, 5) is 2.36. The Morgan fingerprint density at radius 3 is 1.33 bits per heavy atom. The molecule has 0 aliphatic rings. The highest BCUT2D eigenvalue weighted by Crippen LogP contribution is 2.26. The number of benzene rings is 4. The van der Waals surface area contributed by atoms with Crippen molar-refractivity contribution in [1.82, 2.24) is 4.90 Å². The van der Waals surface area contributed by atoms with Gasteiger partial charge in [-0.15, -0.1) is 0 Å². The van der Waals surface area contributed by atoms with Crippen LogP contribution in [0.25, 0.3) is 5.57 Å². The third-order valence-electron chi connectivity index (χ3n) is 5.57. The van der Waals surface area contributed by atoms with Crippen molar-refractivity contribution in [2.75, 3.05) is 14.2 Å². The molecular formula is C30H29NO2. The Hall–Kier alpha value is -3.98. The van der Waals surface area contributed by atoms with Crippen LogP contribution in [-0.2, 0) is 13.1 Å². The van der Waals surface area contributed by atoms with E-state index in [2.05, 4.69) is 96.0 Å². The Labute approximate surface area is 196 Å². The van der Waals surface area contributed by atoms with Gasteiger partial charge in [0, 0.05) is 24.9 Å². The molecule has 0 heterocycles. The van der Waals surface area contributed by atoms with E-state index in [4.69, 9.17) is 9.47 Å². The van der Waals surface area contributed by atoms with Crippen LogP contribution in [0.2, 0.25) is 0 Å². The van der Waals surface area contributed by atoms with Crippen LogP contribution in [-0.4, -0.2) is 19.1 Å². The fourth-order valence-electron chi connectivity index (χ4n) is 3.81. The van der Waals surface area contributed by atoms with Crippen LogP contribution in [0, 0.1) is 0 Å². The van der Waals surface area contributed by atoms with Crippen LogP contribution in [0.1, 0.15) is 22.3 Å². The van der Waals surface area contributed by atoms with Gasteiger partial charge in [-0.1, -0.05) is 84.9 Å². The van der Waals surface area contributed by atoms with E-state index < -0.39 is 0 Å². The van der Waals surface area contributed by atoms with Crippen molar-refractivity contribution in [2.45, 2.75) is 13.1 Å². The first-order chi connectivity index (χ1) is 16.2. The van der Waals surface area contributed by atoms with E-state index >= 15 is 0 Å². The summed E-state index contributed by atoms with van der Waals surface area (Å²) in [7, 11) is 3.39. The van der Waals surface area contributed by atoms with Crippen molar-refractivity contribution in [3.63, 3.8) is 0 Å². The second-order valence-electron chi connectivity index (χ2n) is 7.88. The zero-order chi connectivity index (χ0) is 22.9. The van der Waals surface area contributed by atoms with Crippen LogP contribution in [0.15, 0.2) is 115 Å². The molecule has 3 nitrogen and oxygen atoms in total. The second-order valence-corrected chi connectivity index (χ2v) is 7.88. The first kappa shape index (κ1) is 22.2. The van der Waals surface area contributed by atoms with E-state index in [0.29, 0.717) is 0 Å². The molecule has 0 saturated carbocycles. The van der Waals surface area contributed by atoms with E-state index in [-0.39, 0.29) is 0 Å². The molecule has 4 aromatic carbocycles. The molecule has 4 rings (SSSR count). The lowest BCUT2D eigenvalue weighted by molar-refractivity contribution is 0.362. The van der Waals surface area contributed by atoms with Crippen molar-refractivity contribution >= 4 is 5.57 Å². The second kappa shape index (κ2) is 11.1. The largest absolute Gasteiger partial charge is 0.497 e. The fourth-order valence-corrected chi connectivity index (χ4v) is 3.81. The van der Waals surface area contributed by atoms with Gasteiger partial charge < -0.3 is 14.4 Å². The number of ether oxygens (including phenoxy) is 2. The van der Waals surface area contributed by atoms with Crippen LogP contribution < -0.4 is 9.47 Å². The molecule has 0 aliphatic heterocycles. The Morgan fingerprint density at radius 2 is 0.970 bits per heavy atom. The molecule has 166 valence electrons.